The van der Waals surface area contributed by atoms with Crippen LogP contribution in [0.5, 0.6) is 0 Å². The maximum Gasteiger partial charge on any atom is 0.331 e. The highest BCUT2D eigenvalue weighted by Crippen LogP contribution is 2.30. The number of carboxylic acids is 1. The molecule has 0 aliphatic carbocycles. The lowest BCUT2D eigenvalue weighted by atomic mass is 9.92. The van der Waals surface area contributed by atoms with E-state index < -0.39 is 30.1 Å². The minimum atomic E-state index is -1.28. The number of hydrogen-bond acceptors (Lipinski definition) is 4. The summed E-state index contributed by atoms with van der Waals surface area (Å²) in [6, 6.07) is 0. The first-order chi connectivity index (χ1) is 7.49. The zero-order valence-corrected chi connectivity index (χ0v) is 9.18. The maximum atomic E-state index is 11.4. The predicted molar refractivity (Wildman–Crippen MR) is 55.7 cm³/mol. The highest BCUT2D eigenvalue weighted by molar-refractivity contribution is 5.95. The van der Waals surface area contributed by atoms with Crippen molar-refractivity contribution in [2.45, 2.75) is 38.4 Å². The Balaban J connectivity index is 2.71. The Morgan fingerprint density at radius 1 is 1.56 bits per heavy atom. The summed E-state index contributed by atoms with van der Waals surface area (Å²) < 4.78 is 4.95. The zero-order chi connectivity index (χ0) is 12.3. The first kappa shape index (κ1) is 12.7. The highest BCUT2D eigenvalue weighted by Gasteiger charge is 2.46. The van der Waals surface area contributed by atoms with Gasteiger partial charge in [0.25, 0.3) is 0 Å². The van der Waals surface area contributed by atoms with Crippen LogP contribution in [0.15, 0.2) is 12.2 Å². The fraction of sp³-hybridized carbons (Fsp3) is 0.636. The normalized spacial score (nSPS) is 28.9. The number of hydrogen-bond donors (Lipinski definition) is 2. The molecule has 1 aliphatic heterocycles. The molecule has 90 valence electrons. The van der Waals surface area contributed by atoms with Crippen LogP contribution in [0.25, 0.3) is 0 Å². The van der Waals surface area contributed by atoms with E-state index >= 15 is 0 Å². The molecular formula is C11H16O5. The molecule has 0 bridgehead atoms. The van der Waals surface area contributed by atoms with Gasteiger partial charge in [-0.05, 0) is 12.8 Å². The van der Waals surface area contributed by atoms with Gasteiger partial charge in [0.15, 0.2) is 0 Å². The quantitative estimate of drug-likeness (QED) is 0.535. The van der Waals surface area contributed by atoms with Crippen molar-refractivity contribution >= 4 is 11.9 Å². The molecule has 0 aromatic carbocycles. The molecule has 0 aromatic heterocycles. The van der Waals surface area contributed by atoms with Crippen molar-refractivity contribution in [2.24, 2.45) is 5.92 Å². The summed E-state index contributed by atoms with van der Waals surface area (Å²) in [7, 11) is 0. The van der Waals surface area contributed by atoms with E-state index in [0.717, 1.165) is 12.8 Å². The maximum absolute atomic E-state index is 11.4. The molecule has 0 radical (unpaired) electrons. The summed E-state index contributed by atoms with van der Waals surface area (Å²) >= 11 is 0. The third-order valence-corrected chi connectivity index (χ3v) is 2.74. The molecule has 1 fully saturated rings. The van der Waals surface area contributed by atoms with Gasteiger partial charge in [-0.3, -0.25) is 4.79 Å². The number of aliphatic hydroxyl groups is 1. The molecule has 16 heavy (non-hydrogen) atoms. The van der Waals surface area contributed by atoms with Gasteiger partial charge in [-0.25, -0.2) is 4.79 Å². The molecule has 5 nitrogen and oxygen atoms in total. The lowest BCUT2D eigenvalue weighted by Crippen LogP contribution is -2.30. The molecule has 2 N–H and O–H groups in total. The number of carbonyl (C=O) groups is 2. The average molecular weight is 228 g/mol. The van der Waals surface area contributed by atoms with Crippen LogP contribution in [0.2, 0.25) is 0 Å². The number of carbonyl (C=O) groups excluding carboxylic acids is 1. The van der Waals surface area contributed by atoms with Crippen molar-refractivity contribution in [3.05, 3.63) is 12.2 Å². The summed E-state index contributed by atoms with van der Waals surface area (Å²) in [6.07, 6.45) is 0.593. The van der Waals surface area contributed by atoms with Gasteiger partial charge in [-0.1, -0.05) is 19.9 Å². The van der Waals surface area contributed by atoms with Crippen LogP contribution in [0.3, 0.4) is 0 Å². The van der Waals surface area contributed by atoms with Gasteiger partial charge in [0.1, 0.15) is 18.1 Å². The fourth-order valence-electron chi connectivity index (χ4n) is 1.76. The van der Waals surface area contributed by atoms with Gasteiger partial charge in [-0.2, -0.15) is 0 Å². The van der Waals surface area contributed by atoms with Gasteiger partial charge in [0.2, 0.25) is 0 Å². The molecule has 0 spiro atoms. The Bertz CT molecular complexity index is 309. The van der Waals surface area contributed by atoms with Crippen LogP contribution in [0.4, 0.5) is 0 Å². The van der Waals surface area contributed by atoms with Crippen LogP contribution in [-0.2, 0) is 14.3 Å². The first-order valence-corrected chi connectivity index (χ1v) is 5.29. The molecule has 1 rings (SSSR count). The number of ether oxygens (including phenoxy) is 1. The summed E-state index contributed by atoms with van der Waals surface area (Å²) in [5.74, 6) is -3.10. The molecule has 0 aromatic rings. The van der Waals surface area contributed by atoms with Crippen LogP contribution in [-0.4, -0.2) is 34.4 Å². The first-order valence-electron chi connectivity index (χ1n) is 5.29. The Hall–Kier alpha value is -1.36. The number of unbranched alkanes of at least 4 members (excludes halogenated alkanes) is 1. The average Bonchev–Trinajstić information content (AvgIpc) is 2.50. The number of aliphatic hydroxyl groups excluding tert-OH is 1. The van der Waals surface area contributed by atoms with E-state index in [2.05, 4.69) is 6.58 Å². The van der Waals surface area contributed by atoms with Crippen LogP contribution < -0.4 is 0 Å². The molecule has 0 saturated carbocycles. The minimum absolute atomic E-state index is 0.309. The van der Waals surface area contributed by atoms with Crippen LogP contribution >= 0.6 is 0 Å². The van der Waals surface area contributed by atoms with Gasteiger partial charge in [-0.15, -0.1) is 0 Å². The van der Waals surface area contributed by atoms with E-state index in [1.807, 2.05) is 6.92 Å². The van der Waals surface area contributed by atoms with E-state index in [-0.39, 0.29) is 5.57 Å². The van der Waals surface area contributed by atoms with Gasteiger partial charge < -0.3 is 14.9 Å². The van der Waals surface area contributed by atoms with Crippen molar-refractivity contribution in [3.63, 3.8) is 0 Å². The highest BCUT2D eigenvalue weighted by atomic mass is 16.6. The SMILES string of the molecule is C=C(C(=O)O)[C@@H]1C(=O)O[C@H](CCCC)[C@@H]1O. The van der Waals surface area contributed by atoms with Gasteiger partial charge in [0.05, 0.1) is 0 Å². The van der Waals surface area contributed by atoms with Gasteiger partial charge in [0, 0.05) is 5.57 Å². The summed E-state index contributed by atoms with van der Waals surface area (Å²) in [5, 5.41) is 18.5. The third kappa shape index (κ3) is 2.41. The molecule has 1 aliphatic rings. The molecule has 5 heteroatoms. The number of aliphatic carboxylic acids is 1. The smallest absolute Gasteiger partial charge is 0.331 e. The summed E-state index contributed by atoms with van der Waals surface area (Å²) in [5.41, 5.74) is -0.309. The second-order valence-corrected chi connectivity index (χ2v) is 3.92. The number of rotatable bonds is 5. The Morgan fingerprint density at radius 3 is 2.69 bits per heavy atom. The van der Waals surface area contributed by atoms with E-state index in [1.54, 1.807) is 0 Å². The number of esters is 1. The fourth-order valence-corrected chi connectivity index (χ4v) is 1.76. The van der Waals surface area contributed by atoms with Crippen molar-refractivity contribution in [2.75, 3.05) is 0 Å². The molecule has 0 amide bonds. The van der Waals surface area contributed by atoms with E-state index in [9.17, 15) is 14.7 Å². The van der Waals surface area contributed by atoms with Crippen LogP contribution in [0.1, 0.15) is 26.2 Å². The van der Waals surface area contributed by atoms with E-state index in [0.29, 0.717) is 6.42 Å². The Morgan fingerprint density at radius 2 is 2.19 bits per heavy atom. The Kier molecular flexibility index (Phi) is 4.06. The van der Waals surface area contributed by atoms with Crippen molar-refractivity contribution in [3.8, 4) is 0 Å². The molecule has 1 heterocycles. The lowest BCUT2D eigenvalue weighted by Gasteiger charge is -2.14. The second-order valence-electron chi connectivity index (χ2n) is 3.92. The monoisotopic (exact) mass is 228 g/mol. The van der Waals surface area contributed by atoms with E-state index in [4.69, 9.17) is 9.84 Å². The minimum Gasteiger partial charge on any atom is -0.478 e. The summed E-state index contributed by atoms with van der Waals surface area (Å²) in [6.45, 7) is 5.27. The second kappa shape index (κ2) is 5.12. The van der Waals surface area contributed by atoms with E-state index in [1.165, 1.54) is 0 Å². The third-order valence-electron chi connectivity index (χ3n) is 2.74. The van der Waals surface area contributed by atoms with Gasteiger partial charge >= 0.3 is 11.9 Å². The number of cyclic esters (lactones) is 1. The number of carboxylic acid groups (broad SMARTS) is 1. The largest absolute Gasteiger partial charge is 0.478 e. The van der Waals surface area contributed by atoms with Crippen molar-refractivity contribution in [1.82, 2.24) is 0 Å². The van der Waals surface area contributed by atoms with Crippen molar-refractivity contribution < 1.29 is 24.5 Å². The van der Waals surface area contributed by atoms with Crippen molar-refractivity contribution in [1.29, 1.82) is 0 Å². The molecule has 3 atom stereocenters. The molecular weight excluding hydrogens is 212 g/mol. The topological polar surface area (TPSA) is 83.8 Å². The summed E-state index contributed by atoms with van der Waals surface area (Å²) in [4.78, 5) is 22.1. The molecule has 1 saturated heterocycles. The molecule has 0 unspecified atom stereocenters. The lowest BCUT2D eigenvalue weighted by molar-refractivity contribution is -0.145. The zero-order valence-electron chi connectivity index (χ0n) is 9.18. The van der Waals surface area contributed by atoms with Crippen LogP contribution in [0, 0.1) is 5.92 Å². The predicted octanol–water partition coefficient (Wildman–Crippen LogP) is 0.720. The Labute approximate surface area is 93.7 Å². The standard InChI is InChI=1S/C11H16O5/c1-3-4-5-7-9(12)8(11(15)16-7)6(2)10(13)14/h7-9,12H,2-5H2,1H3,(H,13,14)/t7-,8+,9+/m1/s1.